The Bertz CT molecular complexity index is 830. The number of Topliss-reactive ketones (excluding diaryl/α,β-unsaturated/α-hetero) is 1. The standard InChI is InChI=1S/C27H40O3.C2H5B/c1-19(2)25(5,6)17-20(3)21(4)18-26(7,8)30-24(29)27(9,10)23(28)16-22-14-12-11-13-15-22;1-2-3/h11-15H,1,16-18H2,2-10H3;2H2,1H3/b21-20-;. The minimum atomic E-state index is -1.19. The highest BCUT2D eigenvalue weighted by Crippen LogP contribution is 2.35. The van der Waals surface area contributed by atoms with Crippen LogP contribution in [0.5, 0.6) is 0 Å². The molecule has 0 atom stereocenters. The first kappa shape index (κ1) is 30.9. The molecule has 0 N–H and O–H groups in total. The largest absolute Gasteiger partial charge is 0.459 e. The van der Waals surface area contributed by atoms with Crippen molar-refractivity contribution in [3.8, 4) is 0 Å². The van der Waals surface area contributed by atoms with Crippen molar-refractivity contribution in [3.05, 3.63) is 59.2 Å². The van der Waals surface area contributed by atoms with Gasteiger partial charge in [0.25, 0.3) is 0 Å². The summed E-state index contributed by atoms with van der Waals surface area (Å²) in [7, 11) is 4.85. The van der Waals surface area contributed by atoms with Crippen LogP contribution < -0.4 is 0 Å². The van der Waals surface area contributed by atoms with Crippen LogP contribution in [0.15, 0.2) is 53.6 Å². The van der Waals surface area contributed by atoms with Crippen LogP contribution in [-0.2, 0) is 20.7 Å². The number of esters is 1. The van der Waals surface area contributed by atoms with Crippen LogP contribution >= 0.6 is 0 Å². The van der Waals surface area contributed by atoms with Crippen LogP contribution in [0, 0.1) is 10.8 Å². The minimum Gasteiger partial charge on any atom is -0.459 e. The Hall–Kier alpha value is -2.10. The second-order valence-electron chi connectivity index (χ2n) is 10.8. The van der Waals surface area contributed by atoms with E-state index in [1.54, 1.807) is 13.8 Å². The third kappa shape index (κ3) is 10.6. The van der Waals surface area contributed by atoms with E-state index in [9.17, 15) is 9.59 Å². The van der Waals surface area contributed by atoms with Gasteiger partial charge in [-0.1, -0.05) is 80.7 Å². The summed E-state index contributed by atoms with van der Waals surface area (Å²) in [6.07, 6.45) is 2.51. The Morgan fingerprint density at radius 2 is 1.36 bits per heavy atom. The topological polar surface area (TPSA) is 43.4 Å². The van der Waals surface area contributed by atoms with Crippen LogP contribution in [0.3, 0.4) is 0 Å². The number of carbonyl (C=O) groups excluding carboxylic acids is 2. The van der Waals surface area contributed by atoms with Gasteiger partial charge in [0.05, 0.1) is 7.85 Å². The minimum absolute atomic E-state index is 0.0258. The molecule has 0 fully saturated rings. The fourth-order valence-electron chi connectivity index (χ4n) is 3.28. The summed E-state index contributed by atoms with van der Waals surface area (Å²) in [5.41, 5.74) is 2.68. The van der Waals surface area contributed by atoms with Crippen LogP contribution in [0.1, 0.15) is 87.6 Å². The first-order valence-corrected chi connectivity index (χ1v) is 11.8. The molecular formula is C29H45BO3. The van der Waals surface area contributed by atoms with Gasteiger partial charge in [-0.15, -0.1) is 0 Å². The van der Waals surface area contributed by atoms with E-state index in [0.717, 1.165) is 23.9 Å². The average molecular weight is 452 g/mol. The number of allylic oxidation sites excluding steroid dienone is 2. The Morgan fingerprint density at radius 1 is 0.909 bits per heavy atom. The molecule has 182 valence electrons. The lowest BCUT2D eigenvalue weighted by molar-refractivity contribution is -0.169. The monoisotopic (exact) mass is 452 g/mol. The summed E-state index contributed by atoms with van der Waals surface area (Å²) in [5, 5.41) is 0. The van der Waals surface area contributed by atoms with Crippen molar-refractivity contribution in [2.45, 2.75) is 100 Å². The fraction of sp³-hybridized carbons (Fsp3) is 0.586. The highest BCUT2D eigenvalue weighted by molar-refractivity contribution is 6.08. The van der Waals surface area contributed by atoms with Crippen molar-refractivity contribution in [1.29, 1.82) is 0 Å². The van der Waals surface area contributed by atoms with E-state index < -0.39 is 17.0 Å². The van der Waals surface area contributed by atoms with E-state index in [2.05, 4.69) is 41.2 Å². The lowest BCUT2D eigenvalue weighted by Gasteiger charge is -2.32. The van der Waals surface area contributed by atoms with E-state index >= 15 is 0 Å². The summed E-state index contributed by atoms with van der Waals surface area (Å²) in [4.78, 5) is 25.7. The molecule has 0 aromatic heterocycles. The van der Waals surface area contributed by atoms with Crippen molar-refractivity contribution in [1.82, 2.24) is 0 Å². The molecule has 0 aliphatic rings. The number of ketones is 1. The Morgan fingerprint density at radius 3 is 1.82 bits per heavy atom. The zero-order chi connectivity index (χ0) is 26.0. The van der Waals surface area contributed by atoms with Crippen LogP contribution in [-0.4, -0.2) is 25.2 Å². The zero-order valence-corrected chi connectivity index (χ0v) is 22.7. The van der Waals surface area contributed by atoms with E-state index in [1.165, 1.54) is 11.1 Å². The third-order valence-corrected chi connectivity index (χ3v) is 6.07. The Kier molecular flexibility index (Phi) is 12.1. The summed E-state index contributed by atoms with van der Waals surface area (Å²) in [5.74, 6) is -0.609. The summed E-state index contributed by atoms with van der Waals surface area (Å²) >= 11 is 0. The van der Waals surface area contributed by atoms with Gasteiger partial charge in [-0.05, 0) is 65.9 Å². The van der Waals surface area contributed by atoms with E-state index in [-0.39, 0.29) is 17.6 Å². The number of carbonyl (C=O) groups is 2. The molecule has 33 heavy (non-hydrogen) atoms. The first-order valence-electron chi connectivity index (χ1n) is 11.8. The maximum atomic E-state index is 12.9. The first-order chi connectivity index (χ1) is 15.0. The molecule has 4 heteroatoms. The summed E-state index contributed by atoms with van der Waals surface area (Å²) in [6.45, 7) is 23.8. The predicted molar refractivity (Wildman–Crippen MR) is 142 cm³/mol. The number of hydrogen-bond acceptors (Lipinski definition) is 3. The molecular weight excluding hydrogens is 407 g/mol. The lowest BCUT2D eigenvalue weighted by Crippen LogP contribution is -2.41. The molecule has 0 aliphatic heterocycles. The second-order valence-corrected chi connectivity index (χ2v) is 10.8. The highest BCUT2D eigenvalue weighted by Gasteiger charge is 2.40. The van der Waals surface area contributed by atoms with Crippen molar-refractivity contribution in [2.75, 3.05) is 0 Å². The number of rotatable bonds is 10. The predicted octanol–water partition coefficient (Wildman–Crippen LogP) is 7.46. The van der Waals surface area contributed by atoms with Crippen LogP contribution in [0.4, 0.5) is 0 Å². The maximum absolute atomic E-state index is 12.9. The van der Waals surface area contributed by atoms with Gasteiger partial charge in [0.1, 0.15) is 11.0 Å². The number of ether oxygens (including phenoxy) is 1. The van der Waals surface area contributed by atoms with Crippen molar-refractivity contribution in [2.24, 2.45) is 10.8 Å². The Balaban J connectivity index is 0.00000322. The van der Waals surface area contributed by atoms with Crippen LogP contribution in [0.2, 0.25) is 6.32 Å². The molecule has 0 aliphatic carbocycles. The lowest BCUT2D eigenvalue weighted by atomic mass is 9.78. The van der Waals surface area contributed by atoms with E-state index in [1.807, 2.05) is 51.1 Å². The van der Waals surface area contributed by atoms with E-state index in [4.69, 9.17) is 12.6 Å². The maximum Gasteiger partial charge on any atom is 0.319 e. The molecule has 0 saturated heterocycles. The van der Waals surface area contributed by atoms with Gasteiger partial charge >= 0.3 is 5.97 Å². The zero-order valence-electron chi connectivity index (χ0n) is 22.7. The van der Waals surface area contributed by atoms with Gasteiger partial charge in [0, 0.05) is 12.8 Å². The molecule has 1 aromatic carbocycles. The van der Waals surface area contributed by atoms with Gasteiger partial charge in [-0.3, -0.25) is 9.59 Å². The van der Waals surface area contributed by atoms with Gasteiger partial charge in [0.15, 0.2) is 5.78 Å². The molecule has 0 bridgehead atoms. The molecule has 0 saturated carbocycles. The summed E-state index contributed by atoms with van der Waals surface area (Å²) in [6, 6.07) is 9.48. The van der Waals surface area contributed by atoms with Crippen LogP contribution in [0.25, 0.3) is 0 Å². The van der Waals surface area contributed by atoms with Gasteiger partial charge < -0.3 is 4.74 Å². The third-order valence-electron chi connectivity index (χ3n) is 6.07. The fourth-order valence-corrected chi connectivity index (χ4v) is 3.28. The Labute approximate surface area is 204 Å². The number of benzene rings is 1. The number of hydrogen-bond donors (Lipinski definition) is 0. The molecule has 0 amide bonds. The van der Waals surface area contributed by atoms with E-state index in [0.29, 0.717) is 6.42 Å². The SMILES string of the molecule is C=C(C)C(C)(C)C/C(C)=C(/C)CC(C)(C)OC(=O)C(C)(C)C(=O)Cc1ccccc1.[B]CC. The molecule has 2 radical (unpaired) electrons. The molecule has 0 spiro atoms. The molecule has 0 heterocycles. The molecule has 1 rings (SSSR count). The van der Waals surface area contributed by atoms with Crippen molar-refractivity contribution in [3.63, 3.8) is 0 Å². The molecule has 1 aromatic rings. The second kappa shape index (κ2) is 13.0. The van der Waals surface area contributed by atoms with Gasteiger partial charge in [-0.25, -0.2) is 0 Å². The summed E-state index contributed by atoms with van der Waals surface area (Å²) < 4.78 is 5.85. The smallest absolute Gasteiger partial charge is 0.319 e. The van der Waals surface area contributed by atoms with Crippen molar-refractivity contribution >= 4 is 19.6 Å². The molecule has 3 nitrogen and oxygen atoms in total. The highest BCUT2D eigenvalue weighted by atomic mass is 16.6. The van der Waals surface area contributed by atoms with Crippen molar-refractivity contribution < 1.29 is 14.3 Å². The molecule has 0 unspecified atom stereocenters. The van der Waals surface area contributed by atoms with Gasteiger partial charge in [0.2, 0.25) is 0 Å². The van der Waals surface area contributed by atoms with Gasteiger partial charge in [-0.2, -0.15) is 0 Å². The average Bonchev–Trinajstić information content (AvgIpc) is 2.68. The quantitative estimate of drug-likeness (QED) is 0.160. The normalized spacial score (nSPS) is 12.8.